The van der Waals surface area contributed by atoms with Gasteiger partial charge in [0.15, 0.2) is 0 Å². The first kappa shape index (κ1) is 10.2. The van der Waals surface area contributed by atoms with Gasteiger partial charge in [-0.25, -0.2) is 19.2 Å². The number of aliphatic hydroxyl groups is 1. The summed E-state index contributed by atoms with van der Waals surface area (Å²) >= 11 is 4.57. The first-order valence-electron chi connectivity index (χ1n) is 1.27. The summed E-state index contributed by atoms with van der Waals surface area (Å²) in [6, 6.07) is 0. The van der Waals surface area contributed by atoms with E-state index in [-0.39, 0.29) is 0 Å². The van der Waals surface area contributed by atoms with Crippen molar-refractivity contribution in [2.45, 2.75) is 0 Å². The molecule has 34 valence electrons. The Hall–Kier alpha value is 1.15. The molecule has 0 aromatic rings. The van der Waals surface area contributed by atoms with Crippen molar-refractivity contribution in [3.8, 4) is 0 Å². The van der Waals surface area contributed by atoms with E-state index in [1.165, 1.54) is 0 Å². The molecular formula is C2H5OS2Zn-. The number of hydrogen-bond acceptors (Lipinski definition) is 3. The molecule has 0 unspecified atom stereocenters. The first-order chi connectivity index (χ1) is 2.91. The summed E-state index contributed by atoms with van der Waals surface area (Å²) in [5.74, 6) is 0.444. The predicted octanol–water partition coefficient (Wildman–Crippen LogP) is 1.10. The predicted molar refractivity (Wildman–Crippen MR) is 27.7 cm³/mol. The molecule has 6 heavy (non-hydrogen) atoms. The zero-order valence-corrected chi connectivity index (χ0v) is 7.97. The van der Waals surface area contributed by atoms with Crippen LogP contribution < -0.4 is 0 Å². The summed E-state index contributed by atoms with van der Waals surface area (Å²) in [5.41, 5.74) is 0. The van der Waals surface area contributed by atoms with E-state index in [1.807, 2.05) is 0 Å². The van der Waals surface area contributed by atoms with Gasteiger partial charge in [-0.2, -0.15) is 0 Å². The van der Waals surface area contributed by atoms with Gasteiger partial charge in [0.1, 0.15) is 0 Å². The quantitative estimate of drug-likeness (QED) is 0.353. The third-order valence-electron chi connectivity index (χ3n) is 0.0816. The summed E-state index contributed by atoms with van der Waals surface area (Å²) in [5, 5.41) is 7.67. The van der Waals surface area contributed by atoms with Gasteiger partial charge in [-0.15, -0.1) is 5.75 Å². The second-order valence-corrected chi connectivity index (χ2v) is 0.730. The molecule has 0 saturated carbocycles. The molecule has 1 nitrogen and oxygen atoms in total. The normalized spacial score (nSPS) is 6.00. The second kappa shape index (κ2) is 16.4. The van der Waals surface area contributed by atoms with Gasteiger partial charge >= 0.3 is 26.7 Å². The van der Waals surface area contributed by atoms with Gasteiger partial charge in [-0.3, -0.25) is 0 Å². The minimum absolute atomic E-state index is 0.444. The van der Waals surface area contributed by atoms with Gasteiger partial charge in [-0.1, -0.05) is 0 Å². The summed E-state index contributed by atoms with van der Waals surface area (Å²) in [7, 11) is 4.21. The molecule has 1 N–H and O–H groups in total. The molecule has 0 saturated heterocycles. The molecular weight excluding hydrogens is 170 g/mol. The SMILES string of the molecule is O[CH-]CS.[S]=[Zn]. The molecule has 0 fully saturated rings. The van der Waals surface area contributed by atoms with Crippen LogP contribution in [0.5, 0.6) is 0 Å². The fraction of sp³-hybridized carbons (Fsp3) is 0.500. The zero-order chi connectivity index (χ0) is 5.41. The molecule has 0 amide bonds. The molecule has 0 bridgehead atoms. The van der Waals surface area contributed by atoms with Crippen molar-refractivity contribution in [2.75, 3.05) is 5.75 Å². The van der Waals surface area contributed by atoms with Crippen molar-refractivity contribution < 1.29 is 21.7 Å². The van der Waals surface area contributed by atoms with Gasteiger partial charge in [0.2, 0.25) is 0 Å². The first-order valence-corrected chi connectivity index (χ1v) is 6.12. The average molecular weight is 175 g/mol. The van der Waals surface area contributed by atoms with E-state index in [0.29, 0.717) is 5.75 Å². The van der Waals surface area contributed by atoms with Crippen LogP contribution in [-0.2, 0) is 16.6 Å². The fourth-order valence-corrected chi connectivity index (χ4v) is 0. The van der Waals surface area contributed by atoms with Crippen molar-refractivity contribution in [2.24, 2.45) is 0 Å². The van der Waals surface area contributed by atoms with Gasteiger partial charge in [0.05, 0.1) is 0 Å². The molecule has 0 atom stereocenters. The molecule has 0 aliphatic heterocycles. The summed E-state index contributed by atoms with van der Waals surface area (Å²) in [6.45, 7) is 0.989. The molecule has 0 aromatic carbocycles. The van der Waals surface area contributed by atoms with Crippen LogP contribution in [0.1, 0.15) is 0 Å². The average Bonchev–Trinajstić information content (AvgIpc) is 1.72. The van der Waals surface area contributed by atoms with Crippen molar-refractivity contribution in [3.05, 3.63) is 6.61 Å². The molecule has 0 aromatic heterocycles. The Bertz CT molecular complexity index is 19.0. The Balaban J connectivity index is 0. The van der Waals surface area contributed by atoms with Crippen LogP contribution in [0.25, 0.3) is 0 Å². The van der Waals surface area contributed by atoms with Gasteiger partial charge < -0.3 is 5.11 Å². The van der Waals surface area contributed by atoms with Crippen LogP contribution in [0, 0.1) is 6.61 Å². The topological polar surface area (TPSA) is 20.2 Å². The van der Waals surface area contributed by atoms with Crippen LogP contribution in [0.4, 0.5) is 0 Å². The standard InChI is InChI=1S/C2H5OS.S.Zn/c3-1-2-4;;/h1,3-4H,2H2;;/q-1;;. The molecule has 4 heteroatoms. The third kappa shape index (κ3) is 19.2. The van der Waals surface area contributed by atoms with Crippen LogP contribution in [-0.4, -0.2) is 10.9 Å². The Morgan fingerprint density at radius 1 is 1.83 bits per heavy atom. The number of aliphatic hydroxyl groups excluding tert-OH is 1. The summed E-state index contributed by atoms with van der Waals surface area (Å²) < 4.78 is 0. The van der Waals surface area contributed by atoms with Crippen molar-refractivity contribution in [1.82, 2.24) is 0 Å². The Morgan fingerprint density at radius 3 is 2.00 bits per heavy atom. The van der Waals surface area contributed by atoms with Gasteiger partial charge in [0.25, 0.3) is 0 Å². The van der Waals surface area contributed by atoms with Crippen LogP contribution in [0.15, 0.2) is 0 Å². The molecule has 0 rings (SSSR count). The number of hydrogen-bond donors (Lipinski definition) is 2. The monoisotopic (exact) mass is 173 g/mol. The van der Waals surface area contributed by atoms with Crippen molar-refractivity contribution >= 4 is 22.7 Å². The van der Waals surface area contributed by atoms with E-state index < -0.39 is 0 Å². The zero-order valence-electron chi connectivity index (χ0n) is 3.29. The Morgan fingerprint density at radius 2 is 2.00 bits per heavy atom. The van der Waals surface area contributed by atoms with Crippen LogP contribution in [0.2, 0.25) is 0 Å². The molecule has 0 heterocycles. The Labute approximate surface area is 56.8 Å². The number of rotatable bonds is 1. The van der Waals surface area contributed by atoms with E-state index in [2.05, 4.69) is 22.7 Å². The molecule has 0 spiro atoms. The third-order valence-corrected chi connectivity index (χ3v) is 0.245. The van der Waals surface area contributed by atoms with Crippen LogP contribution >= 0.6 is 22.7 Å². The Kier molecular flexibility index (Phi) is 27.9. The maximum absolute atomic E-state index is 7.67. The van der Waals surface area contributed by atoms with Gasteiger partial charge in [-0.05, 0) is 0 Å². The molecule has 0 aliphatic rings. The number of thiol groups is 1. The van der Waals surface area contributed by atoms with Crippen molar-refractivity contribution in [3.63, 3.8) is 0 Å². The molecule has 0 radical (unpaired) electrons. The van der Waals surface area contributed by atoms with E-state index >= 15 is 0 Å². The van der Waals surface area contributed by atoms with Crippen LogP contribution in [0.3, 0.4) is 0 Å². The fourth-order valence-electron chi connectivity index (χ4n) is 0. The minimum atomic E-state index is 0.444. The summed E-state index contributed by atoms with van der Waals surface area (Å²) in [4.78, 5) is 0. The second-order valence-electron chi connectivity index (χ2n) is 0.365. The van der Waals surface area contributed by atoms with E-state index in [1.54, 1.807) is 0 Å². The summed E-state index contributed by atoms with van der Waals surface area (Å²) in [6.07, 6.45) is 0. The maximum atomic E-state index is 7.67. The van der Waals surface area contributed by atoms with E-state index in [9.17, 15) is 0 Å². The van der Waals surface area contributed by atoms with E-state index in [0.717, 1.165) is 23.2 Å². The van der Waals surface area contributed by atoms with Crippen molar-refractivity contribution in [1.29, 1.82) is 0 Å². The molecule has 0 aliphatic carbocycles. The van der Waals surface area contributed by atoms with Gasteiger partial charge in [0, 0.05) is 0 Å². The van der Waals surface area contributed by atoms with E-state index in [4.69, 9.17) is 5.11 Å².